The molecule has 0 radical (unpaired) electrons. The number of amides is 1. The van der Waals surface area contributed by atoms with Gasteiger partial charge >= 0.3 is 0 Å². The van der Waals surface area contributed by atoms with Crippen LogP contribution in [0.15, 0.2) is 11.4 Å². The van der Waals surface area contributed by atoms with E-state index in [4.69, 9.17) is 5.73 Å². The summed E-state index contributed by atoms with van der Waals surface area (Å²) in [7, 11) is 0. The lowest BCUT2D eigenvalue weighted by Crippen LogP contribution is -2.44. The van der Waals surface area contributed by atoms with Gasteiger partial charge in [-0.25, -0.2) is 0 Å². The van der Waals surface area contributed by atoms with E-state index in [2.05, 4.69) is 35.5 Å². The first-order valence-corrected chi connectivity index (χ1v) is 8.27. The molecule has 0 aliphatic carbocycles. The summed E-state index contributed by atoms with van der Waals surface area (Å²) in [6.07, 6.45) is 2.08. The molecule has 1 aliphatic heterocycles. The number of rotatable bonds is 5. The average molecular weight is 295 g/mol. The van der Waals surface area contributed by atoms with Gasteiger partial charge in [-0.05, 0) is 50.2 Å². The van der Waals surface area contributed by atoms with Crippen LogP contribution < -0.4 is 11.1 Å². The lowest BCUT2D eigenvalue weighted by atomic mass is 9.95. The monoisotopic (exact) mass is 295 g/mol. The van der Waals surface area contributed by atoms with Crippen LogP contribution in [0.1, 0.15) is 36.2 Å². The van der Waals surface area contributed by atoms with Crippen LogP contribution in [0.2, 0.25) is 0 Å². The van der Waals surface area contributed by atoms with Crippen molar-refractivity contribution in [2.45, 2.75) is 32.7 Å². The van der Waals surface area contributed by atoms with Gasteiger partial charge in [0, 0.05) is 30.6 Å². The van der Waals surface area contributed by atoms with Crippen LogP contribution in [0, 0.1) is 12.8 Å². The number of carbonyl (C=O) groups excluding carboxylic acids is 1. The van der Waals surface area contributed by atoms with Gasteiger partial charge < -0.3 is 11.1 Å². The summed E-state index contributed by atoms with van der Waals surface area (Å²) < 4.78 is 0. The fraction of sp³-hybridized carbons (Fsp3) is 0.667. The van der Waals surface area contributed by atoms with E-state index in [9.17, 15) is 4.79 Å². The van der Waals surface area contributed by atoms with E-state index in [0.29, 0.717) is 19.1 Å². The topological polar surface area (TPSA) is 58.4 Å². The molecule has 2 unspecified atom stereocenters. The molecule has 4 nitrogen and oxygen atoms in total. The maximum atomic E-state index is 12.1. The Hall–Kier alpha value is -0.910. The molecule has 1 aliphatic rings. The molecule has 0 saturated carbocycles. The van der Waals surface area contributed by atoms with E-state index in [1.165, 1.54) is 10.4 Å². The number of hydrogen-bond donors (Lipinski definition) is 2. The van der Waals surface area contributed by atoms with Crippen molar-refractivity contribution >= 4 is 17.2 Å². The van der Waals surface area contributed by atoms with Crippen LogP contribution >= 0.6 is 11.3 Å². The Bertz CT molecular complexity index is 446. The first-order chi connectivity index (χ1) is 9.63. The number of nitrogens with one attached hydrogen (secondary N) is 1. The number of piperidine rings is 1. The fourth-order valence-electron chi connectivity index (χ4n) is 2.89. The third-order valence-corrected chi connectivity index (χ3v) is 5.29. The van der Waals surface area contributed by atoms with E-state index in [-0.39, 0.29) is 11.8 Å². The quantitative estimate of drug-likeness (QED) is 0.872. The first kappa shape index (κ1) is 15.5. The Kier molecular flexibility index (Phi) is 5.57. The molecular formula is C15H25N3OS. The van der Waals surface area contributed by atoms with Crippen LogP contribution in [0.5, 0.6) is 0 Å². The van der Waals surface area contributed by atoms with Gasteiger partial charge in [-0.2, -0.15) is 0 Å². The van der Waals surface area contributed by atoms with Crippen molar-refractivity contribution in [1.82, 2.24) is 10.2 Å². The molecule has 5 heteroatoms. The Morgan fingerprint density at radius 3 is 3.10 bits per heavy atom. The third-order valence-electron chi connectivity index (χ3n) is 4.10. The van der Waals surface area contributed by atoms with E-state index in [1.807, 2.05) is 11.3 Å². The number of thiophene rings is 1. The van der Waals surface area contributed by atoms with Crippen molar-refractivity contribution in [2.75, 3.05) is 26.2 Å². The van der Waals surface area contributed by atoms with Gasteiger partial charge in [0.05, 0.1) is 5.92 Å². The fourth-order valence-corrected chi connectivity index (χ4v) is 3.91. The number of aryl methyl sites for hydroxylation is 1. The summed E-state index contributed by atoms with van der Waals surface area (Å²) >= 11 is 1.82. The van der Waals surface area contributed by atoms with Gasteiger partial charge in [-0.3, -0.25) is 9.69 Å². The zero-order valence-electron chi connectivity index (χ0n) is 12.4. The normalized spacial score (nSPS) is 21.6. The van der Waals surface area contributed by atoms with Crippen LogP contribution in [0.25, 0.3) is 0 Å². The van der Waals surface area contributed by atoms with E-state index in [1.54, 1.807) is 0 Å². The zero-order valence-corrected chi connectivity index (χ0v) is 13.2. The molecule has 0 spiro atoms. The summed E-state index contributed by atoms with van der Waals surface area (Å²) in [6, 6.07) is 2.58. The summed E-state index contributed by atoms with van der Waals surface area (Å²) in [5, 5.41) is 5.07. The van der Waals surface area contributed by atoms with Crippen molar-refractivity contribution in [3.8, 4) is 0 Å². The standard InChI is InChI=1S/C15H25N3OS/c1-11-5-9-20-14(11)12(2)18-8-3-4-13(10-18)15(19)17-7-6-16/h5,9,12-13H,3-4,6-8,10,16H2,1-2H3,(H,17,19). The lowest BCUT2D eigenvalue weighted by molar-refractivity contribution is -0.126. The molecule has 3 N–H and O–H groups in total. The third kappa shape index (κ3) is 3.59. The number of hydrogen-bond acceptors (Lipinski definition) is 4. The molecule has 2 rings (SSSR count). The second-order valence-electron chi connectivity index (χ2n) is 5.56. The van der Waals surface area contributed by atoms with Gasteiger partial charge in [-0.1, -0.05) is 0 Å². The summed E-state index contributed by atoms with van der Waals surface area (Å²) in [4.78, 5) is 16.0. The number of likely N-dealkylation sites (tertiary alicyclic amines) is 1. The van der Waals surface area contributed by atoms with Gasteiger partial charge in [0.15, 0.2) is 0 Å². The number of carbonyl (C=O) groups is 1. The predicted molar refractivity (Wildman–Crippen MR) is 83.8 cm³/mol. The molecule has 112 valence electrons. The van der Waals surface area contributed by atoms with Crippen molar-refractivity contribution in [2.24, 2.45) is 11.7 Å². The molecule has 0 aromatic carbocycles. The Morgan fingerprint density at radius 1 is 1.65 bits per heavy atom. The SMILES string of the molecule is Cc1ccsc1C(C)N1CCCC(C(=O)NCCN)C1. The highest BCUT2D eigenvalue weighted by Gasteiger charge is 2.29. The van der Waals surface area contributed by atoms with Gasteiger partial charge in [0.25, 0.3) is 0 Å². The molecule has 2 heterocycles. The highest BCUT2D eigenvalue weighted by molar-refractivity contribution is 7.10. The predicted octanol–water partition coefficient (Wildman–Crippen LogP) is 1.90. The van der Waals surface area contributed by atoms with Crippen molar-refractivity contribution in [3.05, 3.63) is 21.9 Å². The van der Waals surface area contributed by atoms with Crippen molar-refractivity contribution in [3.63, 3.8) is 0 Å². The largest absolute Gasteiger partial charge is 0.355 e. The van der Waals surface area contributed by atoms with Crippen LogP contribution in [0.4, 0.5) is 0 Å². The summed E-state index contributed by atoms with van der Waals surface area (Å²) in [6.45, 7) is 7.44. The molecule has 1 fully saturated rings. The minimum Gasteiger partial charge on any atom is -0.355 e. The average Bonchev–Trinajstić information content (AvgIpc) is 2.90. The number of nitrogens with zero attached hydrogens (tertiary/aromatic N) is 1. The minimum atomic E-state index is 0.109. The number of nitrogens with two attached hydrogens (primary N) is 1. The van der Waals surface area contributed by atoms with Gasteiger partial charge in [-0.15, -0.1) is 11.3 Å². The minimum absolute atomic E-state index is 0.109. The van der Waals surface area contributed by atoms with E-state index >= 15 is 0 Å². The molecular weight excluding hydrogens is 270 g/mol. The van der Waals surface area contributed by atoms with Gasteiger partial charge in [0.2, 0.25) is 5.91 Å². The van der Waals surface area contributed by atoms with E-state index in [0.717, 1.165) is 25.9 Å². The maximum Gasteiger partial charge on any atom is 0.224 e. The maximum absolute atomic E-state index is 12.1. The summed E-state index contributed by atoms with van der Waals surface area (Å²) in [5.41, 5.74) is 6.80. The Morgan fingerprint density at radius 2 is 2.45 bits per heavy atom. The van der Waals surface area contributed by atoms with Gasteiger partial charge in [0.1, 0.15) is 0 Å². The summed E-state index contributed by atoms with van der Waals surface area (Å²) in [5.74, 6) is 0.272. The van der Waals surface area contributed by atoms with Crippen molar-refractivity contribution < 1.29 is 4.79 Å². The molecule has 1 saturated heterocycles. The van der Waals surface area contributed by atoms with Crippen molar-refractivity contribution in [1.29, 1.82) is 0 Å². The molecule has 1 aromatic heterocycles. The Balaban J connectivity index is 1.96. The van der Waals surface area contributed by atoms with Crippen LogP contribution in [-0.4, -0.2) is 37.0 Å². The first-order valence-electron chi connectivity index (χ1n) is 7.39. The molecule has 1 amide bonds. The Labute approximate surface area is 125 Å². The van der Waals surface area contributed by atoms with Crippen LogP contribution in [0.3, 0.4) is 0 Å². The highest BCUT2D eigenvalue weighted by atomic mass is 32.1. The molecule has 0 bridgehead atoms. The smallest absolute Gasteiger partial charge is 0.224 e. The second-order valence-corrected chi connectivity index (χ2v) is 6.51. The highest BCUT2D eigenvalue weighted by Crippen LogP contribution is 2.31. The zero-order chi connectivity index (χ0) is 14.5. The second kappa shape index (κ2) is 7.20. The van der Waals surface area contributed by atoms with Crippen LogP contribution in [-0.2, 0) is 4.79 Å². The molecule has 1 aromatic rings. The molecule has 2 atom stereocenters. The van der Waals surface area contributed by atoms with E-state index < -0.39 is 0 Å². The molecule has 20 heavy (non-hydrogen) atoms. The lowest BCUT2D eigenvalue weighted by Gasteiger charge is -2.36.